The molecule has 1 aromatic heterocycles. The summed E-state index contributed by atoms with van der Waals surface area (Å²) in [4.78, 5) is 16.5. The van der Waals surface area contributed by atoms with Gasteiger partial charge >= 0.3 is 6.18 Å². The van der Waals surface area contributed by atoms with Crippen molar-refractivity contribution in [3.05, 3.63) is 64.4 Å². The van der Waals surface area contributed by atoms with Gasteiger partial charge in [-0.1, -0.05) is 23.7 Å². The molecule has 24 heavy (non-hydrogen) atoms. The number of hydrogen-bond donors (Lipinski definition) is 1. The van der Waals surface area contributed by atoms with Gasteiger partial charge in [-0.05, 0) is 37.1 Å². The van der Waals surface area contributed by atoms with Crippen molar-refractivity contribution in [2.24, 2.45) is 0 Å². The van der Waals surface area contributed by atoms with E-state index in [0.29, 0.717) is 17.1 Å². The molecule has 0 unspecified atom stereocenters. The number of pyridine rings is 1. The molecule has 2 atom stereocenters. The van der Waals surface area contributed by atoms with Crippen LogP contribution in [0.3, 0.4) is 0 Å². The Kier molecular flexibility index (Phi) is 4.49. The molecule has 126 valence electrons. The lowest BCUT2D eigenvalue weighted by atomic mass is 9.77. The Morgan fingerprint density at radius 3 is 2.54 bits per heavy atom. The second-order valence-electron chi connectivity index (χ2n) is 5.68. The molecule has 1 heterocycles. The average Bonchev–Trinajstić information content (AvgIpc) is 2.52. The van der Waals surface area contributed by atoms with Gasteiger partial charge < -0.3 is 5.32 Å². The van der Waals surface area contributed by atoms with E-state index >= 15 is 0 Å². The lowest BCUT2D eigenvalue weighted by Gasteiger charge is -2.37. The number of nitrogens with one attached hydrogen (secondary N) is 1. The molecule has 0 spiro atoms. The van der Waals surface area contributed by atoms with Crippen molar-refractivity contribution in [3.8, 4) is 0 Å². The molecule has 1 saturated carbocycles. The smallest absolute Gasteiger partial charge is 0.349 e. The highest BCUT2D eigenvalue weighted by Gasteiger charge is 2.38. The largest absolute Gasteiger partial charge is 0.417 e. The second kappa shape index (κ2) is 6.43. The maximum Gasteiger partial charge on any atom is 0.417 e. The van der Waals surface area contributed by atoms with Crippen LogP contribution < -0.4 is 5.32 Å². The van der Waals surface area contributed by atoms with Gasteiger partial charge in [0.15, 0.2) is 0 Å². The van der Waals surface area contributed by atoms with E-state index in [9.17, 15) is 18.0 Å². The van der Waals surface area contributed by atoms with E-state index in [1.807, 2.05) is 0 Å². The maximum absolute atomic E-state index is 13.0. The van der Waals surface area contributed by atoms with E-state index in [2.05, 4.69) is 10.3 Å². The zero-order chi connectivity index (χ0) is 17.3. The molecule has 1 aliphatic carbocycles. The van der Waals surface area contributed by atoms with E-state index in [1.165, 1.54) is 18.2 Å². The number of benzene rings is 1. The summed E-state index contributed by atoms with van der Waals surface area (Å²) in [7, 11) is 0. The summed E-state index contributed by atoms with van der Waals surface area (Å²) in [5.41, 5.74) is -0.642. The number of halogens is 4. The van der Waals surface area contributed by atoms with Crippen LogP contribution in [0.1, 0.15) is 40.4 Å². The molecule has 7 heteroatoms. The predicted molar refractivity (Wildman–Crippen MR) is 83.9 cm³/mol. The highest BCUT2D eigenvalue weighted by atomic mass is 35.5. The Morgan fingerprint density at radius 1 is 1.17 bits per heavy atom. The van der Waals surface area contributed by atoms with Crippen LogP contribution in [0.15, 0.2) is 42.6 Å². The van der Waals surface area contributed by atoms with Gasteiger partial charge in [0.25, 0.3) is 5.91 Å². The Morgan fingerprint density at radius 2 is 1.92 bits per heavy atom. The number of amides is 1. The van der Waals surface area contributed by atoms with Crippen LogP contribution in [0.5, 0.6) is 0 Å². The van der Waals surface area contributed by atoms with Crippen molar-refractivity contribution in [1.29, 1.82) is 0 Å². The molecule has 2 aromatic rings. The van der Waals surface area contributed by atoms with Gasteiger partial charge in [-0.15, -0.1) is 0 Å². The fourth-order valence-corrected chi connectivity index (χ4v) is 3.11. The SMILES string of the molecule is O=C(N[C@@H]1CC[C@@H]1c1ncccc1Cl)c1ccccc1C(F)(F)F. The van der Waals surface area contributed by atoms with Gasteiger partial charge in [-0.3, -0.25) is 9.78 Å². The molecule has 1 fully saturated rings. The molecule has 3 nitrogen and oxygen atoms in total. The Labute approximate surface area is 141 Å². The molecule has 0 aliphatic heterocycles. The molecule has 0 saturated heterocycles. The Bertz CT molecular complexity index is 763. The van der Waals surface area contributed by atoms with Crippen molar-refractivity contribution in [2.75, 3.05) is 0 Å². The third-order valence-corrected chi connectivity index (χ3v) is 4.53. The third-order valence-electron chi connectivity index (χ3n) is 4.21. The molecule has 3 rings (SSSR count). The lowest BCUT2D eigenvalue weighted by molar-refractivity contribution is -0.137. The molecule has 1 aliphatic rings. The van der Waals surface area contributed by atoms with E-state index in [-0.39, 0.29) is 17.5 Å². The predicted octanol–water partition coefficient (Wildman–Crippen LogP) is 4.43. The first-order valence-electron chi connectivity index (χ1n) is 7.45. The number of aromatic nitrogens is 1. The van der Waals surface area contributed by atoms with E-state index < -0.39 is 17.6 Å². The summed E-state index contributed by atoms with van der Waals surface area (Å²) < 4.78 is 39.1. The summed E-state index contributed by atoms with van der Waals surface area (Å²) in [6.07, 6.45) is -1.51. The summed E-state index contributed by atoms with van der Waals surface area (Å²) in [5, 5.41) is 3.18. The first kappa shape index (κ1) is 16.8. The number of alkyl halides is 3. The quantitative estimate of drug-likeness (QED) is 0.886. The normalized spacial score (nSPS) is 20.3. The summed E-state index contributed by atoms with van der Waals surface area (Å²) in [5.74, 6) is -0.814. The number of hydrogen-bond acceptors (Lipinski definition) is 2. The number of carbonyl (C=O) groups excluding carboxylic acids is 1. The van der Waals surface area contributed by atoms with Gasteiger partial charge in [-0.25, -0.2) is 0 Å². The number of carbonyl (C=O) groups is 1. The fourth-order valence-electron chi connectivity index (χ4n) is 2.85. The van der Waals surface area contributed by atoms with Gasteiger partial charge in [0, 0.05) is 18.2 Å². The zero-order valence-electron chi connectivity index (χ0n) is 12.5. The van der Waals surface area contributed by atoms with Crippen LogP contribution >= 0.6 is 11.6 Å². The van der Waals surface area contributed by atoms with Crippen molar-refractivity contribution >= 4 is 17.5 Å². The van der Waals surface area contributed by atoms with Crippen LogP contribution in [-0.4, -0.2) is 16.9 Å². The minimum atomic E-state index is -4.57. The van der Waals surface area contributed by atoms with Crippen LogP contribution in [0.4, 0.5) is 13.2 Å². The minimum Gasteiger partial charge on any atom is -0.349 e. The van der Waals surface area contributed by atoms with Crippen molar-refractivity contribution < 1.29 is 18.0 Å². The molecule has 1 amide bonds. The van der Waals surface area contributed by atoms with Gasteiger partial charge in [0.05, 0.1) is 21.8 Å². The first-order chi connectivity index (χ1) is 11.4. The van der Waals surface area contributed by atoms with Crippen molar-refractivity contribution in [2.45, 2.75) is 31.0 Å². The molecule has 0 bridgehead atoms. The highest BCUT2D eigenvalue weighted by Crippen LogP contribution is 2.39. The van der Waals surface area contributed by atoms with Crippen molar-refractivity contribution in [1.82, 2.24) is 10.3 Å². The standard InChI is InChI=1S/C17H14ClF3N2O/c18-13-6-3-9-22-15(13)11-7-8-14(11)23-16(24)10-4-1-2-5-12(10)17(19,20)21/h1-6,9,11,14H,7-8H2,(H,23,24)/t11-,14+/m0/s1. The minimum absolute atomic E-state index is 0.0827. The lowest BCUT2D eigenvalue weighted by Crippen LogP contribution is -2.46. The first-order valence-corrected chi connectivity index (χ1v) is 7.83. The Hall–Kier alpha value is -2.08. The Balaban J connectivity index is 1.78. The molecule has 1 aromatic carbocycles. The number of nitrogens with zero attached hydrogens (tertiary/aromatic N) is 1. The van der Waals surface area contributed by atoms with E-state index in [4.69, 9.17) is 11.6 Å². The highest BCUT2D eigenvalue weighted by molar-refractivity contribution is 6.31. The topological polar surface area (TPSA) is 42.0 Å². The van der Waals surface area contributed by atoms with Crippen LogP contribution in [0.25, 0.3) is 0 Å². The fraction of sp³-hybridized carbons (Fsp3) is 0.294. The second-order valence-corrected chi connectivity index (χ2v) is 6.08. The number of rotatable bonds is 3. The van der Waals surface area contributed by atoms with Crippen LogP contribution in [0, 0.1) is 0 Å². The van der Waals surface area contributed by atoms with E-state index in [1.54, 1.807) is 18.3 Å². The zero-order valence-corrected chi connectivity index (χ0v) is 13.2. The summed E-state index contributed by atoms with van der Waals surface area (Å²) in [6, 6.07) is 7.91. The van der Waals surface area contributed by atoms with Gasteiger partial charge in [0.2, 0.25) is 0 Å². The van der Waals surface area contributed by atoms with Gasteiger partial charge in [-0.2, -0.15) is 13.2 Å². The molecule has 1 N–H and O–H groups in total. The van der Waals surface area contributed by atoms with Gasteiger partial charge in [0.1, 0.15) is 0 Å². The molecule has 0 radical (unpaired) electrons. The maximum atomic E-state index is 13.0. The average molecular weight is 355 g/mol. The van der Waals surface area contributed by atoms with E-state index in [0.717, 1.165) is 12.5 Å². The van der Waals surface area contributed by atoms with Crippen LogP contribution in [-0.2, 0) is 6.18 Å². The monoisotopic (exact) mass is 354 g/mol. The summed E-state index contributed by atoms with van der Waals surface area (Å²) in [6.45, 7) is 0. The summed E-state index contributed by atoms with van der Waals surface area (Å²) >= 11 is 6.11. The van der Waals surface area contributed by atoms with Crippen LogP contribution in [0.2, 0.25) is 5.02 Å². The van der Waals surface area contributed by atoms with Crippen molar-refractivity contribution in [3.63, 3.8) is 0 Å². The third kappa shape index (κ3) is 3.24. The molecular weight excluding hydrogens is 341 g/mol. The molecular formula is C17H14ClF3N2O.